The van der Waals surface area contributed by atoms with E-state index in [9.17, 15) is 0 Å². The van der Waals surface area contributed by atoms with Crippen molar-refractivity contribution in [1.29, 1.82) is 0 Å². The molecule has 84 valence electrons. The fourth-order valence-electron chi connectivity index (χ4n) is 1.88. The normalized spacial score (nSPS) is 16.7. The van der Waals surface area contributed by atoms with Crippen molar-refractivity contribution in [2.24, 2.45) is 0 Å². The Morgan fingerprint density at radius 3 is 2.27 bits per heavy atom. The van der Waals surface area contributed by atoms with Gasteiger partial charge in [-0.25, -0.2) is 4.98 Å². The minimum atomic E-state index is 0. The Kier molecular flexibility index (Phi) is 4.69. The van der Waals surface area contributed by atoms with Crippen molar-refractivity contribution < 1.29 is 0 Å². The van der Waals surface area contributed by atoms with Crippen molar-refractivity contribution in [1.82, 2.24) is 4.98 Å². The molecule has 1 aliphatic rings. The molecule has 0 saturated carbocycles. The molecule has 0 atom stereocenters. The number of nitrogen functional groups attached to an aromatic ring is 1. The quantitative estimate of drug-likeness (QED) is 0.802. The monoisotopic (exact) mass is 227 g/mol. The third kappa shape index (κ3) is 3.27. The van der Waals surface area contributed by atoms with Crippen LogP contribution in [0.3, 0.4) is 0 Å². The van der Waals surface area contributed by atoms with Crippen LogP contribution in [-0.2, 0) is 0 Å². The first-order chi connectivity index (χ1) is 6.86. The maximum atomic E-state index is 5.61. The predicted molar refractivity (Wildman–Crippen MR) is 66.6 cm³/mol. The third-order valence-electron chi connectivity index (χ3n) is 2.70. The summed E-state index contributed by atoms with van der Waals surface area (Å²) >= 11 is 0. The molecule has 2 N–H and O–H groups in total. The van der Waals surface area contributed by atoms with Gasteiger partial charge < -0.3 is 10.6 Å². The van der Waals surface area contributed by atoms with E-state index in [0.717, 1.165) is 24.6 Å². The topological polar surface area (TPSA) is 42.1 Å². The highest BCUT2D eigenvalue weighted by atomic mass is 35.5. The average Bonchev–Trinajstić information content (AvgIpc) is 2.47. The Morgan fingerprint density at radius 1 is 1.07 bits per heavy atom. The van der Waals surface area contributed by atoms with Gasteiger partial charge in [0.1, 0.15) is 5.82 Å². The Bertz CT molecular complexity index is 278. The van der Waals surface area contributed by atoms with E-state index in [-0.39, 0.29) is 12.4 Å². The first-order valence-corrected chi connectivity index (χ1v) is 5.33. The lowest BCUT2D eigenvalue weighted by Gasteiger charge is -2.21. The van der Waals surface area contributed by atoms with Crippen LogP contribution in [0.2, 0.25) is 0 Å². The molecule has 0 aliphatic carbocycles. The maximum absolute atomic E-state index is 5.61. The molecule has 1 aromatic heterocycles. The fourth-order valence-corrected chi connectivity index (χ4v) is 1.88. The molecule has 2 rings (SSSR count). The second-order valence-electron chi connectivity index (χ2n) is 3.85. The molecule has 0 bridgehead atoms. The molecule has 1 aliphatic heterocycles. The minimum absolute atomic E-state index is 0. The van der Waals surface area contributed by atoms with Crippen LogP contribution in [0.1, 0.15) is 25.7 Å². The summed E-state index contributed by atoms with van der Waals surface area (Å²) in [6.45, 7) is 2.27. The molecule has 15 heavy (non-hydrogen) atoms. The fraction of sp³-hybridized carbons (Fsp3) is 0.545. The predicted octanol–water partition coefficient (Wildman–Crippen LogP) is 2.47. The van der Waals surface area contributed by atoms with Gasteiger partial charge in [0, 0.05) is 13.1 Å². The smallest absolute Gasteiger partial charge is 0.128 e. The Labute approximate surface area is 97.1 Å². The SMILES string of the molecule is Cl.Nc1ccc(N2CCCCCC2)nc1. The molecule has 1 saturated heterocycles. The summed E-state index contributed by atoms with van der Waals surface area (Å²) in [5, 5.41) is 0. The number of nitrogens with zero attached hydrogens (tertiary/aromatic N) is 2. The molecule has 0 unspecified atom stereocenters. The molecule has 4 heteroatoms. The summed E-state index contributed by atoms with van der Waals surface area (Å²) in [4.78, 5) is 6.70. The van der Waals surface area contributed by atoms with Crippen molar-refractivity contribution >= 4 is 23.9 Å². The zero-order valence-corrected chi connectivity index (χ0v) is 9.67. The number of hydrogen-bond donors (Lipinski definition) is 1. The number of halogens is 1. The molecule has 0 spiro atoms. The summed E-state index contributed by atoms with van der Waals surface area (Å²) in [5.41, 5.74) is 6.35. The van der Waals surface area contributed by atoms with Gasteiger partial charge in [0.05, 0.1) is 11.9 Å². The van der Waals surface area contributed by atoms with Gasteiger partial charge in [-0.1, -0.05) is 12.8 Å². The summed E-state index contributed by atoms with van der Waals surface area (Å²) < 4.78 is 0. The molecule has 0 amide bonds. The van der Waals surface area contributed by atoms with Gasteiger partial charge in [-0.05, 0) is 25.0 Å². The van der Waals surface area contributed by atoms with Crippen LogP contribution in [0.4, 0.5) is 11.5 Å². The Hall–Kier alpha value is -0.960. The summed E-state index contributed by atoms with van der Waals surface area (Å²) in [6, 6.07) is 3.94. The molecular formula is C11H18ClN3. The zero-order chi connectivity index (χ0) is 9.80. The van der Waals surface area contributed by atoms with E-state index in [2.05, 4.69) is 9.88 Å². The van der Waals surface area contributed by atoms with E-state index in [1.807, 2.05) is 12.1 Å². The number of anilines is 2. The van der Waals surface area contributed by atoms with Crippen LogP contribution in [0.5, 0.6) is 0 Å². The van der Waals surface area contributed by atoms with Crippen molar-refractivity contribution in [2.75, 3.05) is 23.7 Å². The largest absolute Gasteiger partial charge is 0.397 e. The Balaban J connectivity index is 0.00000112. The lowest BCUT2D eigenvalue weighted by molar-refractivity contribution is 0.726. The molecule has 1 aromatic rings. The zero-order valence-electron chi connectivity index (χ0n) is 8.85. The average molecular weight is 228 g/mol. The highest BCUT2D eigenvalue weighted by Crippen LogP contribution is 2.17. The van der Waals surface area contributed by atoms with Crippen LogP contribution < -0.4 is 10.6 Å². The first kappa shape index (κ1) is 12.1. The first-order valence-electron chi connectivity index (χ1n) is 5.33. The summed E-state index contributed by atoms with van der Waals surface area (Å²) in [6.07, 6.45) is 7.01. The van der Waals surface area contributed by atoms with Gasteiger partial charge in [0.15, 0.2) is 0 Å². The Morgan fingerprint density at radius 2 is 1.73 bits per heavy atom. The molecular weight excluding hydrogens is 210 g/mol. The van der Waals surface area contributed by atoms with Crippen molar-refractivity contribution in [3.05, 3.63) is 18.3 Å². The lowest BCUT2D eigenvalue weighted by Crippen LogP contribution is -2.24. The van der Waals surface area contributed by atoms with Crippen molar-refractivity contribution in [3.63, 3.8) is 0 Å². The van der Waals surface area contributed by atoms with E-state index in [0.29, 0.717) is 0 Å². The van der Waals surface area contributed by atoms with Crippen LogP contribution in [0, 0.1) is 0 Å². The van der Waals surface area contributed by atoms with E-state index in [4.69, 9.17) is 5.73 Å². The summed E-state index contributed by atoms with van der Waals surface area (Å²) in [5.74, 6) is 1.07. The van der Waals surface area contributed by atoms with E-state index in [1.165, 1.54) is 25.7 Å². The van der Waals surface area contributed by atoms with Crippen LogP contribution >= 0.6 is 12.4 Å². The highest BCUT2D eigenvalue weighted by molar-refractivity contribution is 5.85. The van der Waals surface area contributed by atoms with Gasteiger partial charge in [-0.3, -0.25) is 0 Å². The molecule has 3 nitrogen and oxygen atoms in total. The minimum Gasteiger partial charge on any atom is -0.397 e. The second kappa shape index (κ2) is 5.81. The number of hydrogen-bond acceptors (Lipinski definition) is 3. The number of aromatic nitrogens is 1. The number of rotatable bonds is 1. The van der Waals surface area contributed by atoms with Crippen molar-refractivity contribution in [2.45, 2.75) is 25.7 Å². The maximum Gasteiger partial charge on any atom is 0.128 e. The third-order valence-corrected chi connectivity index (χ3v) is 2.70. The van der Waals surface area contributed by atoms with E-state index in [1.54, 1.807) is 6.20 Å². The number of nitrogens with two attached hydrogens (primary N) is 1. The lowest BCUT2D eigenvalue weighted by atomic mass is 10.2. The van der Waals surface area contributed by atoms with Crippen molar-refractivity contribution in [3.8, 4) is 0 Å². The molecule has 1 fully saturated rings. The van der Waals surface area contributed by atoms with Gasteiger partial charge in [0.2, 0.25) is 0 Å². The number of pyridine rings is 1. The van der Waals surface area contributed by atoms with Gasteiger partial charge in [-0.15, -0.1) is 12.4 Å². The van der Waals surface area contributed by atoms with Gasteiger partial charge >= 0.3 is 0 Å². The molecule has 2 heterocycles. The molecule has 0 aromatic carbocycles. The van der Waals surface area contributed by atoms with Crippen LogP contribution in [-0.4, -0.2) is 18.1 Å². The standard InChI is InChI=1S/C11H17N3.ClH/c12-10-5-6-11(13-9-10)14-7-3-1-2-4-8-14;/h5-6,9H,1-4,7-8,12H2;1H. The summed E-state index contributed by atoms with van der Waals surface area (Å²) in [7, 11) is 0. The van der Waals surface area contributed by atoms with Crippen LogP contribution in [0.15, 0.2) is 18.3 Å². The van der Waals surface area contributed by atoms with Gasteiger partial charge in [0.25, 0.3) is 0 Å². The highest BCUT2D eigenvalue weighted by Gasteiger charge is 2.09. The van der Waals surface area contributed by atoms with E-state index >= 15 is 0 Å². The van der Waals surface area contributed by atoms with Crippen LogP contribution in [0.25, 0.3) is 0 Å². The molecule has 0 radical (unpaired) electrons. The van der Waals surface area contributed by atoms with E-state index < -0.39 is 0 Å². The second-order valence-corrected chi connectivity index (χ2v) is 3.85. The van der Waals surface area contributed by atoms with Gasteiger partial charge in [-0.2, -0.15) is 0 Å².